The second-order valence-corrected chi connectivity index (χ2v) is 5.91. The van der Waals surface area contributed by atoms with Gasteiger partial charge in [-0.3, -0.25) is 9.59 Å². The van der Waals surface area contributed by atoms with Crippen molar-refractivity contribution in [3.8, 4) is 0 Å². The number of carbonyl (C=O) groups is 2. The zero-order chi connectivity index (χ0) is 14.0. The molecule has 0 aliphatic heterocycles. The van der Waals surface area contributed by atoms with Crippen molar-refractivity contribution in [3.63, 3.8) is 0 Å². The molecule has 0 aromatic rings. The standard InChI is InChI=1S/C14H23NO4/c1-15(11-4-2-3-5-12(11)16)13(17)9-6-7-10(8-9)14(18)19/h9-12,16H,2-8H2,1H3,(H,18,19)/t9-,10+,11?,12?/m1/s1. The number of carbonyl (C=O) groups excluding carboxylic acids is 1. The summed E-state index contributed by atoms with van der Waals surface area (Å²) < 4.78 is 0. The Hall–Kier alpha value is -1.10. The molecule has 0 aromatic carbocycles. The third-order valence-electron chi connectivity index (χ3n) is 4.67. The van der Waals surface area contributed by atoms with E-state index in [9.17, 15) is 14.7 Å². The topological polar surface area (TPSA) is 77.8 Å². The van der Waals surface area contributed by atoms with Gasteiger partial charge < -0.3 is 15.1 Å². The van der Waals surface area contributed by atoms with E-state index in [1.807, 2.05) is 0 Å². The lowest BCUT2D eigenvalue weighted by Crippen LogP contribution is -2.48. The molecular weight excluding hydrogens is 246 g/mol. The first-order valence-corrected chi connectivity index (χ1v) is 7.18. The van der Waals surface area contributed by atoms with Crippen LogP contribution in [0.4, 0.5) is 0 Å². The highest BCUT2D eigenvalue weighted by atomic mass is 16.4. The van der Waals surface area contributed by atoms with Crippen molar-refractivity contribution in [1.82, 2.24) is 4.90 Å². The molecule has 0 bridgehead atoms. The van der Waals surface area contributed by atoms with E-state index in [0.717, 1.165) is 25.7 Å². The first-order valence-electron chi connectivity index (χ1n) is 7.18. The van der Waals surface area contributed by atoms with Gasteiger partial charge in [0.05, 0.1) is 18.1 Å². The minimum absolute atomic E-state index is 0.00898. The summed E-state index contributed by atoms with van der Waals surface area (Å²) in [6, 6.07) is -0.0925. The lowest BCUT2D eigenvalue weighted by molar-refractivity contribution is -0.142. The van der Waals surface area contributed by atoms with Crippen molar-refractivity contribution >= 4 is 11.9 Å². The van der Waals surface area contributed by atoms with Crippen LogP contribution in [0.3, 0.4) is 0 Å². The Kier molecular flexibility index (Phi) is 4.45. The van der Waals surface area contributed by atoms with Gasteiger partial charge in [-0.2, -0.15) is 0 Å². The van der Waals surface area contributed by atoms with Gasteiger partial charge in [-0.1, -0.05) is 12.8 Å². The predicted molar refractivity (Wildman–Crippen MR) is 69.5 cm³/mol. The molecule has 0 radical (unpaired) electrons. The van der Waals surface area contributed by atoms with E-state index < -0.39 is 12.1 Å². The van der Waals surface area contributed by atoms with Crippen LogP contribution < -0.4 is 0 Å². The molecule has 108 valence electrons. The maximum absolute atomic E-state index is 12.4. The highest BCUT2D eigenvalue weighted by molar-refractivity contribution is 5.81. The quantitative estimate of drug-likeness (QED) is 0.808. The Labute approximate surface area is 113 Å². The highest BCUT2D eigenvalue weighted by Gasteiger charge is 2.38. The molecule has 4 atom stereocenters. The lowest BCUT2D eigenvalue weighted by Gasteiger charge is -2.36. The summed E-state index contributed by atoms with van der Waals surface area (Å²) in [7, 11) is 1.75. The van der Waals surface area contributed by atoms with E-state index in [-0.39, 0.29) is 23.8 Å². The molecule has 2 fully saturated rings. The highest BCUT2D eigenvalue weighted by Crippen LogP contribution is 2.33. The van der Waals surface area contributed by atoms with Crippen molar-refractivity contribution in [1.29, 1.82) is 0 Å². The van der Waals surface area contributed by atoms with Crippen LogP contribution >= 0.6 is 0 Å². The fourth-order valence-electron chi connectivity index (χ4n) is 3.43. The second kappa shape index (κ2) is 5.90. The number of hydrogen-bond donors (Lipinski definition) is 2. The van der Waals surface area contributed by atoms with Gasteiger partial charge in [0.1, 0.15) is 0 Å². The molecule has 2 rings (SSSR count). The minimum atomic E-state index is -0.796. The van der Waals surface area contributed by atoms with E-state index in [1.165, 1.54) is 0 Å². The summed E-state index contributed by atoms with van der Waals surface area (Å²) >= 11 is 0. The van der Waals surface area contributed by atoms with Crippen LogP contribution in [0.1, 0.15) is 44.9 Å². The average Bonchev–Trinajstić information content (AvgIpc) is 2.87. The molecule has 1 amide bonds. The Bertz CT molecular complexity index is 357. The maximum Gasteiger partial charge on any atom is 0.306 e. The van der Waals surface area contributed by atoms with Crippen LogP contribution in [0.25, 0.3) is 0 Å². The van der Waals surface area contributed by atoms with Gasteiger partial charge in [-0.15, -0.1) is 0 Å². The van der Waals surface area contributed by atoms with Gasteiger partial charge >= 0.3 is 5.97 Å². The summed E-state index contributed by atoms with van der Waals surface area (Å²) in [5.74, 6) is -1.34. The molecule has 2 saturated carbocycles. The van der Waals surface area contributed by atoms with Crippen LogP contribution in [0.15, 0.2) is 0 Å². The Morgan fingerprint density at radius 3 is 2.26 bits per heavy atom. The van der Waals surface area contributed by atoms with E-state index >= 15 is 0 Å². The monoisotopic (exact) mass is 269 g/mol. The molecule has 5 heteroatoms. The zero-order valence-corrected chi connectivity index (χ0v) is 11.4. The third-order valence-corrected chi connectivity index (χ3v) is 4.67. The van der Waals surface area contributed by atoms with Crippen LogP contribution in [0, 0.1) is 11.8 Å². The molecule has 0 spiro atoms. The zero-order valence-electron chi connectivity index (χ0n) is 11.4. The van der Waals surface area contributed by atoms with Crippen molar-refractivity contribution < 1.29 is 19.8 Å². The summed E-state index contributed by atoms with van der Waals surface area (Å²) in [5.41, 5.74) is 0. The van der Waals surface area contributed by atoms with E-state index in [0.29, 0.717) is 19.3 Å². The number of likely N-dealkylation sites (N-methyl/N-ethyl adjacent to an activating group) is 1. The number of carboxylic acid groups (broad SMARTS) is 1. The Morgan fingerprint density at radius 1 is 1.05 bits per heavy atom. The third kappa shape index (κ3) is 3.08. The van der Waals surface area contributed by atoms with Gasteiger partial charge in [-0.05, 0) is 32.1 Å². The summed E-state index contributed by atoms with van der Waals surface area (Å²) in [4.78, 5) is 25.0. The average molecular weight is 269 g/mol. The molecule has 2 aliphatic carbocycles. The predicted octanol–water partition coefficient (Wildman–Crippen LogP) is 1.25. The van der Waals surface area contributed by atoms with Crippen molar-refractivity contribution in [2.24, 2.45) is 11.8 Å². The molecular formula is C14H23NO4. The minimum Gasteiger partial charge on any atom is -0.481 e. The number of carboxylic acids is 1. The fraction of sp³-hybridized carbons (Fsp3) is 0.857. The van der Waals surface area contributed by atoms with Crippen molar-refractivity contribution in [3.05, 3.63) is 0 Å². The first-order chi connectivity index (χ1) is 9.00. The number of amides is 1. The number of aliphatic hydroxyl groups is 1. The molecule has 2 N–H and O–H groups in total. The Balaban J connectivity index is 1.94. The van der Waals surface area contributed by atoms with E-state index in [1.54, 1.807) is 11.9 Å². The van der Waals surface area contributed by atoms with Gasteiger partial charge in [0, 0.05) is 13.0 Å². The van der Waals surface area contributed by atoms with E-state index in [4.69, 9.17) is 5.11 Å². The van der Waals surface area contributed by atoms with Crippen molar-refractivity contribution in [2.45, 2.75) is 57.1 Å². The first kappa shape index (κ1) is 14.3. The van der Waals surface area contributed by atoms with Crippen LogP contribution in [-0.4, -0.2) is 46.2 Å². The van der Waals surface area contributed by atoms with Gasteiger partial charge in [0.25, 0.3) is 0 Å². The molecule has 2 aliphatic rings. The molecule has 0 aromatic heterocycles. The molecule has 2 unspecified atom stereocenters. The SMILES string of the molecule is CN(C(=O)[C@@H]1CC[C@H](C(=O)O)C1)C1CCCCC1O. The largest absolute Gasteiger partial charge is 0.481 e. The lowest BCUT2D eigenvalue weighted by atomic mass is 9.90. The number of aliphatic hydroxyl groups excluding tert-OH is 1. The molecule has 0 saturated heterocycles. The number of aliphatic carboxylic acids is 1. The number of hydrogen-bond acceptors (Lipinski definition) is 3. The van der Waals surface area contributed by atoms with Crippen LogP contribution in [0.2, 0.25) is 0 Å². The van der Waals surface area contributed by atoms with Gasteiger partial charge in [0.2, 0.25) is 5.91 Å². The number of nitrogens with zero attached hydrogens (tertiary/aromatic N) is 1. The van der Waals surface area contributed by atoms with Gasteiger partial charge in [0.15, 0.2) is 0 Å². The van der Waals surface area contributed by atoms with Crippen molar-refractivity contribution in [2.75, 3.05) is 7.05 Å². The Morgan fingerprint density at radius 2 is 1.68 bits per heavy atom. The van der Waals surface area contributed by atoms with Crippen LogP contribution in [-0.2, 0) is 9.59 Å². The summed E-state index contributed by atoms with van der Waals surface area (Å²) in [5, 5.41) is 19.0. The van der Waals surface area contributed by atoms with Gasteiger partial charge in [-0.25, -0.2) is 0 Å². The fourth-order valence-corrected chi connectivity index (χ4v) is 3.43. The van der Waals surface area contributed by atoms with E-state index in [2.05, 4.69) is 0 Å². The molecule has 0 heterocycles. The molecule has 5 nitrogen and oxygen atoms in total. The maximum atomic E-state index is 12.4. The number of rotatable bonds is 3. The summed E-state index contributed by atoms with van der Waals surface area (Å²) in [6.07, 6.45) is 4.92. The normalized spacial score (nSPS) is 35.1. The molecule has 19 heavy (non-hydrogen) atoms. The van der Waals surface area contributed by atoms with Crippen LogP contribution in [0.5, 0.6) is 0 Å². The summed E-state index contributed by atoms with van der Waals surface area (Å²) in [6.45, 7) is 0. The second-order valence-electron chi connectivity index (χ2n) is 5.91. The smallest absolute Gasteiger partial charge is 0.306 e.